The van der Waals surface area contributed by atoms with E-state index in [1.54, 1.807) is 12.1 Å². The number of fused-ring (bicyclic) bond motifs is 1. The van der Waals surface area contributed by atoms with Crippen LogP contribution in [0.3, 0.4) is 0 Å². The highest BCUT2D eigenvalue weighted by Crippen LogP contribution is 2.36. The second kappa shape index (κ2) is 8.11. The molecule has 0 aliphatic carbocycles. The van der Waals surface area contributed by atoms with Crippen LogP contribution >= 0.6 is 11.6 Å². The summed E-state index contributed by atoms with van der Waals surface area (Å²) >= 11 is 6.22. The Labute approximate surface area is 157 Å². The third-order valence-corrected chi connectivity index (χ3v) is 4.38. The molecule has 0 saturated carbocycles. The van der Waals surface area contributed by atoms with Gasteiger partial charge in [-0.2, -0.15) is 0 Å². The Morgan fingerprint density at radius 2 is 1.88 bits per heavy atom. The second-order valence-electron chi connectivity index (χ2n) is 5.74. The molecule has 3 aromatic rings. The van der Waals surface area contributed by atoms with Crippen molar-refractivity contribution in [2.75, 3.05) is 13.7 Å². The van der Waals surface area contributed by atoms with E-state index in [0.717, 1.165) is 16.3 Å². The molecule has 0 unspecified atom stereocenters. The number of hydrogen-bond donors (Lipinski definition) is 1. The maximum atomic E-state index is 12.6. The molecule has 0 aliphatic rings. The standard InChI is InChI=1S/C21H20ClNO3/c1-3-26-19-12-16(11-18(22)20(19)25-2)21(24)23-13-15-9-6-8-14-7-4-5-10-17(14)15/h4-12H,3,13H2,1-2H3,(H,23,24). The van der Waals surface area contributed by atoms with E-state index in [1.807, 2.05) is 37.3 Å². The molecule has 0 aromatic heterocycles. The van der Waals surface area contributed by atoms with Crippen LogP contribution in [-0.4, -0.2) is 19.6 Å². The van der Waals surface area contributed by atoms with Gasteiger partial charge in [0.05, 0.1) is 18.7 Å². The number of halogens is 1. The Balaban J connectivity index is 1.82. The summed E-state index contributed by atoms with van der Waals surface area (Å²) in [7, 11) is 1.52. The number of methoxy groups -OCH3 is 1. The summed E-state index contributed by atoms with van der Waals surface area (Å²) in [4.78, 5) is 12.6. The van der Waals surface area contributed by atoms with Crippen molar-refractivity contribution in [3.05, 3.63) is 70.7 Å². The van der Waals surface area contributed by atoms with Crippen molar-refractivity contribution in [2.45, 2.75) is 13.5 Å². The summed E-state index contributed by atoms with van der Waals surface area (Å²) in [6, 6.07) is 17.4. The Hall–Kier alpha value is -2.72. The zero-order chi connectivity index (χ0) is 18.5. The van der Waals surface area contributed by atoms with Crippen LogP contribution < -0.4 is 14.8 Å². The molecule has 0 bridgehead atoms. The summed E-state index contributed by atoms with van der Waals surface area (Å²) in [5.74, 6) is 0.667. The van der Waals surface area contributed by atoms with Gasteiger partial charge in [0.25, 0.3) is 5.91 Å². The van der Waals surface area contributed by atoms with Gasteiger partial charge >= 0.3 is 0 Å². The fourth-order valence-corrected chi connectivity index (χ4v) is 3.17. The number of amides is 1. The molecular formula is C21H20ClNO3. The Bertz CT molecular complexity index is 934. The zero-order valence-corrected chi connectivity index (χ0v) is 15.5. The van der Waals surface area contributed by atoms with Crippen molar-refractivity contribution < 1.29 is 14.3 Å². The Kier molecular flexibility index (Phi) is 5.64. The van der Waals surface area contributed by atoms with E-state index in [0.29, 0.717) is 35.2 Å². The van der Waals surface area contributed by atoms with Crippen LogP contribution in [0.25, 0.3) is 10.8 Å². The monoisotopic (exact) mass is 369 g/mol. The van der Waals surface area contributed by atoms with Crippen LogP contribution in [0.2, 0.25) is 5.02 Å². The summed E-state index contributed by atoms with van der Waals surface area (Å²) in [6.45, 7) is 2.74. The predicted molar refractivity (Wildman–Crippen MR) is 104 cm³/mol. The van der Waals surface area contributed by atoms with Crippen molar-refractivity contribution in [3.8, 4) is 11.5 Å². The summed E-state index contributed by atoms with van der Waals surface area (Å²) in [5.41, 5.74) is 1.49. The fourth-order valence-electron chi connectivity index (χ4n) is 2.88. The van der Waals surface area contributed by atoms with Crippen molar-refractivity contribution >= 4 is 28.3 Å². The molecule has 5 heteroatoms. The van der Waals surface area contributed by atoms with E-state index in [1.165, 1.54) is 7.11 Å². The fraction of sp³-hybridized carbons (Fsp3) is 0.190. The van der Waals surface area contributed by atoms with Gasteiger partial charge in [-0.3, -0.25) is 4.79 Å². The van der Waals surface area contributed by atoms with Gasteiger partial charge in [-0.15, -0.1) is 0 Å². The van der Waals surface area contributed by atoms with E-state index in [4.69, 9.17) is 21.1 Å². The molecule has 0 atom stereocenters. The largest absolute Gasteiger partial charge is 0.491 e. The molecule has 3 rings (SSSR count). The summed E-state index contributed by atoms with van der Waals surface area (Å²) in [5, 5.41) is 5.56. The van der Waals surface area contributed by atoms with E-state index in [9.17, 15) is 4.79 Å². The van der Waals surface area contributed by atoms with Crippen LogP contribution in [0.15, 0.2) is 54.6 Å². The first-order valence-corrected chi connectivity index (χ1v) is 8.77. The number of carbonyl (C=O) groups is 1. The third-order valence-electron chi connectivity index (χ3n) is 4.10. The van der Waals surface area contributed by atoms with Gasteiger partial charge in [0.15, 0.2) is 11.5 Å². The van der Waals surface area contributed by atoms with E-state index >= 15 is 0 Å². The minimum absolute atomic E-state index is 0.219. The Morgan fingerprint density at radius 3 is 2.65 bits per heavy atom. The molecule has 134 valence electrons. The van der Waals surface area contributed by atoms with E-state index in [-0.39, 0.29) is 5.91 Å². The van der Waals surface area contributed by atoms with Gasteiger partial charge in [0.1, 0.15) is 0 Å². The zero-order valence-electron chi connectivity index (χ0n) is 14.7. The quantitative estimate of drug-likeness (QED) is 0.677. The number of nitrogens with one attached hydrogen (secondary N) is 1. The first-order valence-electron chi connectivity index (χ1n) is 8.39. The molecule has 26 heavy (non-hydrogen) atoms. The highest BCUT2D eigenvalue weighted by Gasteiger charge is 2.15. The smallest absolute Gasteiger partial charge is 0.251 e. The third kappa shape index (κ3) is 3.75. The minimum atomic E-state index is -0.219. The van der Waals surface area contributed by atoms with Crippen LogP contribution in [0, 0.1) is 0 Å². The second-order valence-corrected chi connectivity index (χ2v) is 6.15. The van der Waals surface area contributed by atoms with Crippen molar-refractivity contribution in [1.82, 2.24) is 5.32 Å². The van der Waals surface area contributed by atoms with Gasteiger partial charge < -0.3 is 14.8 Å². The van der Waals surface area contributed by atoms with Crippen molar-refractivity contribution in [3.63, 3.8) is 0 Å². The molecule has 1 N–H and O–H groups in total. The molecule has 0 spiro atoms. The molecule has 0 radical (unpaired) electrons. The van der Waals surface area contributed by atoms with E-state index in [2.05, 4.69) is 17.4 Å². The lowest BCUT2D eigenvalue weighted by Gasteiger charge is -2.13. The molecular weight excluding hydrogens is 350 g/mol. The lowest BCUT2D eigenvalue weighted by molar-refractivity contribution is 0.0950. The van der Waals surface area contributed by atoms with Crippen LogP contribution in [0.5, 0.6) is 11.5 Å². The van der Waals surface area contributed by atoms with Gasteiger partial charge in [0.2, 0.25) is 0 Å². The molecule has 1 amide bonds. The summed E-state index contributed by atoms with van der Waals surface area (Å²) in [6.07, 6.45) is 0. The normalized spacial score (nSPS) is 10.6. The SMILES string of the molecule is CCOc1cc(C(=O)NCc2cccc3ccccc23)cc(Cl)c1OC. The number of ether oxygens (including phenoxy) is 2. The van der Waals surface area contributed by atoms with Gasteiger partial charge in [0, 0.05) is 12.1 Å². The average molecular weight is 370 g/mol. The highest BCUT2D eigenvalue weighted by molar-refractivity contribution is 6.32. The van der Waals surface area contributed by atoms with Crippen molar-refractivity contribution in [2.24, 2.45) is 0 Å². The first-order chi connectivity index (χ1) is 12.6. The molecule has 0 fully saturated rings. The Morgan fingerprint density at radius 1 is 1.12 bits per heavy atom. The van der Waals surface area contributed by atoms with Crippen LogP contribution in [0.4, 0.5) is 0 Å². The molecule has 3 aromatic carbocycles. The number of benzene rings is 3. The molecule has 0 heterocycles. The predicted octanol–water partition coefficient (Wildman–Crippen LogP) is 4.83. The molecule has 4 nitrogen and oxygen atoms in total. The van der Waals surface area contributed by atoms with Crippen molar-refractivity contribution in [1.29, 1.82) is 0 Å². The van der Waals surface area contributed by atoms with Crippen LogP contribution in [-0.2, 0) is 6.54 Å². The number of hydrogen-bond acceptors (Lipinski definition) is 3. The number of carbonyl (C=O) groups excluding carboxylic acids is 1. The van der Waals surface area contributed by atoms with E-state index < -0.39 is 0 Å². The van der Waals surface area contributed by atoms with Gasteiger partial charge in [-0.1, -0.05) is 54.1 Å². The lowest BCUT2D eigenvalue weighted by Crippen LogP contribution is -2.23. The molecule has 0 saturated heterocycles. The molecule has 0 aliphatic heterocycles. The maximum absolute atomic E-state index is 12.6. The topological polar surface area (TPSA) is 47.6 Å². The summed E-state index contributed by atoms with van der Waals surface area (Å²) < 4.78 is 10.8. The lowest BCUT2D eigenvalue weighted by atomic mass is 10.0. The highest BCUT2D eigenvalue weighted by atomic mass is 35.5. The first kappa shape index (κ1) is 18.1. The average Bonchev–Trinajstić information content (AvgIpc) is 2.66. The van der Waals surface area contributed by atoms with Crippen LogP contribution in [0.1, 0.15) is 22.8 Å². The van der Waals surface area contributed by atoms with Gasteiger partial charge in [-0.05, 0) is 35.4 Å². The number of rotatable bonds is 6. The minimum Gasteiger partial charge on any atom is -0.491 e. The maximum Gasteiger partial charge on any atom is 0.251 e. The van der Waals surface area contributed by atoms with Gasteiger partial charge in [-0.25, -0.2) is 0 Å².